The number of ether oxygens (including phenoxy) is 1. The molecular formula is C13H24N2O2. The summed E-state index contributed by atoms with van der Waals surface area (Å²) in [6.45, 7) is 5.03. The first kappa shape index (κ1) is 12.8. The molecule has 0 spiro atoms. The van der Waals surface area contributed by atoms with Crippen LogP contribution in [0.15, 0.2) is 0 Å². The lowest BCUT2D eigenvalue weighted by atomic mass is 9.92. The van der Waals surface area contributed by atoms with Crippen molar-refractivity contribution in [2.24, 2.45) is 11.1 Å². The molecule has 0 aromatic heterocycles. The van der Waals surface area contributed by atoms with E-state index in [1.54, 1.807) is 0 Å². The summed E-state index contributed by atoms with van der Waals surface area (Å²) in [6.07, 6.45) is 4.87. The van der Waals surface area contributed by atoms with Crippen molar-refractivity contribution in [2.45, 2.75) is 64.2 Å². The maximum absolute atomic E-state index is 12.0. The molecule has 1 saturated heterocycles. The van der Waals surface area contributed by atoms with Gasteiger partial charge in [-0.05, 0) is 37.5 Å². The molecule has 1 amide bonds. The second-order valence-electron chi connectivity index (χ2n) is 6.17. The summed E-state index contributed by atoms with van der Waals surface area (Å²) in [5.74, 6) is 0.0589. The normalized spacial score (nSPS) is 36.1. The number of rotatable bonds is 3. The lowest BCUT2D eigenvalue weighted by molar-refractivity contribution is -0.132. The second kappa shape index (κ2) is 4.94. The minimum atomic E-state index is -0.271. The van der Waals surface area contributed by atoms with Crippen molar-refractivity contribution < 1.29 is 9.53 Å². The standard InChI is InChI=1S/C13H24N2O2/c1-13(2)6-5-9(7-13)15-12(16)11-4-3-10(8-14)17-11/h9-11H,3-8,14H2,1-2H3,(H,15,16). The van der Waals surface area contributed by atoms with Crippen LogP contribution in [0.1, 0.15) is 46.0 Å². The van der Waals surface area contributed by atoms with Crippen molar-refractivity contribution in [1.29, 1.82) is 0 Å². The van der Waals surface area contributed by atoms with Crippen molar-refractivity contribution in [3.05, 3.63) is 0 Å². The third-order valence-corrected chi connectivity index (χ3v) is 3.98. The first-order valence-corrected chi connectivity index (χ1v) is 6.66. The van der Waals surface area contributed by atoms with Crippen LogP contribution in [0.25, 0.3) is 0 Å². The number of carbonyl (C=O) groups is 1. The average molecular weight is 240 g/mol. The van der Waals surface area contributed by atoms with E-state index in [4.69, 9.17) is 10.5 Å². The van der Waals surface area contributed by atoms with Crippen LogP contribution in [0, 0.1) is 5.41 Å². The van der Waals surface area contributed by atoms with Crippen molar-refractivity contribution >= 4 is 5.91 Å². The SMILES string of the molecule is CC1(C)CCC(NC(=O)C2CCC(CN)O2)C1. The van der Waals surface area contributed by atoms with Crippen LogP contribution in [0.2, 0.25) is 0 Å². The van der Waals surface area contributed by atoms with Crippen LogP contribution < -0.4 is 11.1 Å². The summed E-state index contributed by atoms with van der Waals surface area (Å²) in [5, 5.41) is 3.12. The Balaban J connectivity index is 1.78. The van der Waals surface area contributed by atoms with Gasteiger partial charge in [-0.3, -0.25) is 4.79 Å². The zero-order valence-corrected chi connectivity index (χ0v) is 10.9. The molecule has 0 bridgehead atoms. The van der Waals surface area contributed by atoms with E-state index in [1.807, 2.05) is 0 Å². The van der Waals surface area contributed by atoms with Crippen molar-refractivity contribution in [3.63, 3.8) is 0 Å². The molecule has 17 heavy (non-hydrogen) atoms. The van der Waals surface area contributed by atoms with Gasteiger partial charge in [0, 0.05) is 12.6 Å². The molecule has 0 radical (unpaired) electrons. The fraction of sp³-hybridized carbons (Fsp3) is 0.923. The summed E-state index contributed by atoms with van der Waals surface area (Å²) in [4.78, 5) is 12.0. The lowest BCUT2D eigenvalue weighted by Crippen LogP contribution is -2.41. The van der Waals surface area contributed by atoms with Gasteiger partial charge in [0.15, 0.2) is 0 Å². The van der Waals surface area contributed by atoms with Crippen LogP contribution in [0.4, 0.5) is 0 Å². The summed E-state index contributed by atoms with van der Waals surface area (Å²) in [6, 6.07) is 0.332. The van der Waals surface area contributed by atoms with E-state index >= 15 is 0 Å². The van der Waals surface area contributed by atoms with Crippen molar-refractivity contribution in [1.82, 2.24) is 5.32 Å². The number of carbonyl (C=O) groups excluding carboxylic acids is 1. The minimum absolute atomic E-state index is 0.0589. The lowest BCUT2D eigenvalue weighted by Gasteiger charge is -2.19. The molecule has 3 unspecified atom stereocenters. The van der Waals surface area contributed by atoms with Crippen LogP contribution in [-0.2, 0) is 9.53 Å². The van der Waals surface area contributed by atoms with Gasteiger partial charge in [0.1, 0.15) is 6.10 Å². The fourth-order valence-electron chi connectivity index (χ4n) is 2.93. The third kappa shape index (κ3) is 3.19. The first-order valence-electron chi connectivity index (χ1n) is 6.66. The Labute approximate surface area is 103 Å². The van der Waals surface area contributed by atoms with Crippen LogP contribution in [0.3, 0.4) is 0 Å². The molecule has 2 rings (SSSR count). The van der Waals surface area contributed by atoms with Crippen molar-refractivity contribution in [3.8, 4) is 0 Å². The maximum Gasteiger partial charge on any atom is 0.249 e. The van der Waals surface area contributed by atoms with E-state index in [0.29, 0.717) is 18.0 Å². The molecule has 3 N–H and O–H groups in total. The molecule has 1 aliphatic carbocycles. The van der Waals surface area contributed by atoms with Gasteiger partial charge in [-0.15, -0.1) is 0 Å². The fourth-order valence-corrected chi connectivity index (χ4v) is 2.93. The van der Waals surface area contributed by atoms with Gasteiger partial charge in [0.25, 0.3) is 0 Å². The third-order valence-electron chi connectivity index (χ3n) is 3.98. The van der Waals surface area contributed by atoms with E-state index in [2.05, 4.69) is 19.2 Å². The van der Waals surface area contributed by atoms with Crippen LogP contribution in [0.5, 0.6) is 0 Å². The van der Waals surface area contributed by atoms with E-state index in [0.717, 1.165) is 25.7 Å². The van der Waals surface area contributed by atoms with Gasteiger partial charge in [-0.1, -0.05) is 13.8 Å². The molecule has 1 saturated carbocycles. The topological polar surface area (TPSA) is 64.4 Å². The summed E-state index contributed by atoms with van der Waals surface area (Å²) >= 11 is 0. The van der Waals surface area contributed by atoms with Gasteiger partial charge in [0.2, 0.25) is 5.91 Å². The first-order chi connectivity index (χ1) is 8.00. The maximum atomic E-state index is 12.0. The Kier molecular flexibility index (Phi) is 3.73. The van der Waals surface area contributed by atoms with E-state index < -0.39 is 0 Å². The Bertz CT molecular complexity index is 291. The van der Waals surface area contributed by atoms with E-state index in [-0.39, 0.29) is 18.1 Å². The smallest absolute Gasteiger partial charge is 0.249 e. The Morgan fingerprint density at radius 1 is 1.41 bits per heavy atom. The predicted molar refractivity (Wildman–Crippen MR) is 66.5 cm³/mol. The molecule has 1 heterocycles. The van der Waals surface area contributed by atoms with Gasteiger partial charge in [-0.2, -0.15) is 0 Å². The molecule has 1 aliphatic heterocycles. The molecule has 3 atom stereocenters. The van der Waals surface area contributed by atoms with Crippen LogP contribution in [-0.4, -0.2) is 30.7 Å². The largest absolute Gasteiger partial charge is 0.364 e. The molecule has 0 aromatic carbocycles. The monoisotopic (exact) mass is 240 g/mol. The number of nitrogens with one attached hydrogen (secondary N) is 1. The summed E-state index contributed by atoms with van der Waals surface area (Å²) in [5.41, 5.74) is 5.91. The molecular weight excluding hydrogens is 216 g/mol. The number of nitrogens with two attached hydrogens (primary N) is 1. The summed E-state index contributed by atoms with van der Waals surface area (Å²) in [7, 11) is 0. The second-order valence-corrected chi connectivity index (χ2v) is 6.17. The highest BCUT2D eigenvalue weighted by Crippen LogP contribution is 2.37. The number of hydrogen-bond acceptors (Lipinski definition) is 3. The van der Waals surface area contributed by atoms with Crippen molar-refractivity contribution in [2.75, 3.05) is 6.54 Å². The van der Waals surface area contributed by atoms with E-state index in [9.17, 15) is 4.79 Å². The zero-order valence-electron chi connectivity index (χ0n) is 10.9. The predicted octanol–water partition coefficient (Wildman–Crippen LogP) is 1.19. The Morgan fingerprint density at radius 3 is 2.71 bits per heavy atom. The average Bonchev–Trinajstić information content (AvgIpc) is 2.85. The van der Waals surface area contributed by atoms with Gasteiger partial charge < -0.3 is 15.8 Å². The van der Waals surface area contributed by atoms with Gasteiger partial charge >= 0.3 is 0 Å². The molecule has 98 valence electrons. The molecule has 4 heteroatoms. The Hall–Kier alpha value is -0.610. The number of hydrogen-bond donors (Lipinski definition) is 2. The quantitative estimate of drug-likeness (QED) is 0.779. The molecule has 0 aromatic rings. The van der Waals surface area contributed by atoms with Gasteiger partial charge in [-0.25, -0.2) is 0 Å². The highest BCUT2D eigenvalue weighted by molar-refractivity contribution is 5.81. The minimum Gasteiger partial charge on any atom is -0.364 e. The van der Waals surface area contributed by atoms with Crippen LogP contribution >= 0.6 is 0 Å². The molecule has 2 aliphatic rings. The van der Waals surface area contributed by atoms with Gasteiger partial charge in [0.05, 0.1) is 6.10 Å². The zero-order chi connectivity index (χ0) is 12.5. The number of amides is 1. The molecule has 4 nitrogen and oxygen atoms in total. The van der Waals surface area contributed by atoms with E-state index in [1.165, 1.54) is 6.42 Å². The Morgan fingerprint density at radius 2 is 2.18 bits per heavy atom. The highest BCUT2D eigenvalue weighted by Gasteiger charge is 2.35. The highest BCUT2D eigenvalue weighted by atomic mass is 16.5. The summed E-state index contributed by atoms with van der Waals surface area (Å²) < 4.78 is 5.60. The molecule has 2 fully saturated rings.